The molecule has 0 spiro atoms. The third kappa shape index (κ3) is 0.666. The van der Waals surface area contributed by atoms with Crippen LogP contribution in [0.1, 0.15) is 12.3 Å². The summed E-state index contributed by atoms with van der Waals surface area (Å²) in [5.74, 6) is 0.745. The Morgan fingerprint density at radius 1 is 1.33 bits per heavy atom. The summed E-state index contributed by atoms with van der Waals surface area (Å²) in [7, 11) is 0. The Hall–Kier alpha value is -1.57. The number of allylic oxidation sites excluding steroid dienone is 4. The first kappa shape index (κ1) is 6.00. The van der Waals surface area contributed by atoms with Crippen LogP contribution < -0.4 is 10.8 Å². The molecule has 58 valence electrons. The minimum absolute atomic E-state index is 0.745. The van der Waals surface area contributed by atoms with Crippen LogP contribution >= 0.6 is 0 Å². The number of oxazole rings is 1. The highest BCUT2D eigenvalue weighted by atomic mass is 16.3. The van der Waals surface area contributed by atoms with Gasteiger partial charge in [-0.1, -0.05) is 12.2 Å². The zero-order valence-electron chi connectivity index (χ0n) is 6.45. The summed E-state index contributed by atoms with van der Waals surface area (Å²) in [6.07, 6.45) is 11.1. The van der Waals surface area contributed by atoms with Gasteiger partial charge in [0.05, 0.1) is 0 Å². The molecule has 3 rings (SSSR count). The highest BCUT2D eigenvalue weighted by Crippen LogP contribution is 2.17. The van der Waals surface area contributed by atoms with Crippen LogP contribution in [0.3, 0.4) is 0 Å². The van der Waals surface area contributed by atoms with Crippen molar-refractivity contribution in [3.05, 3.63) is 34.9 Å². The summed E-state index contributed by atoms with van der Waals surface area (Å²) in [5.41, 5.74) is 2.01. The minimum Gasteiger partial charge on any atom is -0.436 e. The van der Waals surface area contributed by atoms with Crippen molar-refractivity contribution in [1.82, 2.24) is 4.98 Å². The number of nitrogens with zero attached hydrogens (tertiary/aromatic N) is 1. The Kier molecular flexibility index (Phi) is 0.987. The van der Waals surface area contributed by atoms with Crippen molar-refractivity contribution in [3.63, 3.8) is 0 Å². The predicted molar refractivity (Wildman–Crippen MR) is 46.4 cm³/mol. The number of aromatic nitrogens is 1. The Bertz CT molecular complexity index is 471. The molecule has 2 nitrogen and oxygen atoms in total. The maximum atomic E-state index is 5.51. The molecule has 2 heteroatoms. The fourth-order valence-electron chi connectivity index (χ4n) is 1.37. The molecule has 1 heterocycles. The molecular formula is C10H7NO. The van der Waals surface area contributed by atoms with E-state index in [4.69, 9.17) is 4.42 Å². The molecule has 0 N–H and O–H groups in total. The van der Waals surface area contributed by atoms with Crippen molar-refractivity contribution >= 4 is 17.7 Å². The van der Waals surface area contributed by atoms with Crippen LogP contribution in [0.2, 0.25) is 0 Å². The van der Waals surface area contributed by atoms with Crippen molar-refractivity contribution < 1.29 is 4.42 Å². The van der Waals surface area contributed by atoms with Gasteiger partial charge in [-0.3, -0.25) is 0 Å². The summed E-state index contributed by atoms with van der Waals surface area (Å²) in [4.78, 5) is 4.34. The molecule has 0 atom stereocenters. The maximum absolute atomic E-state index is 5.51. The van der Waals surface area contributed by atoms with E-state index in [1.165, 1.54) is 0 Å². The molecule has 0 aromatic carbocycles. The van der Waals surface area contributed by atoms with Crippen LogP contribution in [0.5, 0.6) is 0 Å². The van der Waals surface area contributed by atoms with Crippen molar-refractivity contribution in [1.29, 1.82) is 0 Å². The van der Waals surface area contributed by atoms with Gasteiger partial charge in [0.15, 0.2) is 5.42 Å². The Morgan fingerprint density at radius 2 is 2.25 bits per heavy atom. The zero-order chi connectivity index (χ0) is 7.97. The molecule has 2 aliphatic carbocycles. The Morgan fingerprint density at radius 3 is 2.92 bits per heavy atom. The topological polar surface area (TPSA) is 26.0 Å². The molecule has 12 heavy (non-hydrogen) atoms. The van der Waals surface area contributed by atoms with E-state index in [2.05, 4.69) is 17.1 Å². The summed E-state index contributed by atoms with van der Waals surface area (Å²) in [6.45, 7) is 0. The monoisotopic (exact) mass is 157 g/mol. The van der Waals surface area contributed by atoms with Crippen LogP contribution in [0.4, 0.5) is 0 Å². The van der Waals surface area contributed by atoms with Crippen molar-refractivity contribution in [2.45, 2.75) is 6.42 Å². The van der Waals surface area contributed by atoms with E-state index < -0.39 is 0 Å². The average molecular weight is 157 g/mol. The lowest BCUT2D eigenvalue weighted by Gasteiger charge is -1.99. The molecule has 2 aliphatic rings. The van der Waals surface area contributed by atoms with E-state index in [0.717, 1.165) is 28.6 Å². The molecule has 0 bridgehead atoms. The lowest BCUT2D eigenvalue weighted by Crippen LogP contribution is -2.17. The van der Waals surface area contributed by atoms with Gasteiger partial charge in [-0.2, -0.15) is 0 Å². The van der Waals surface area contributed by atoms with Gasteiger partial charge in [-0.25, -0.2) is 4.98 Å². The summed E-state index contributed by atoms with van der Waals surface area (Å²) < 4.78 is 5.51. The van der Waals surface area contributed by atoms with Gasteiger partial charge in [-0.05, 0) is 24.6 Å². The molecule has 0 amide bonds. The lowest BCUT2D eigenvalue weighted by molar-refractivity contribution is 0.511. The molecule has 0 radical (unpaired) electrons. The summed E-state index contributed by atoms with van der Waals surface area (Å²) in [6, 6.07) is 0. The number of hydrogen-bond donors (Lipinski definition) is 0. The first-order valence-corrected chi connectivity index (χ1v) is 3.99. The van der Waals surface area contributed by atoms with Gasteiger partial charge in [-0.15, -0.1) is 0 Å². The minimum atomic E-state index is 0.745. The van der Waals surface area contributed by atoms with Gasteiger partial charge >= 0.3 is 0 Å². The van der Waals surface area contributed by atoms with E-state index in [9.17, 15) is 0 Å². The van der Waals surface area contributed by atoms with E-state index in [0.29, 0.717) is 0 Å². The van der Waals surface area contributed by atoms with Crippen LogP contribution in [-0.4, -0.2) is 4.98 Å². The predicted octanol–water partition coefficient (Wildman–Crippen LogP) is 0.593. The smallest absolute Gasteiger partial charge is 0.227 e. The fraction of sp³-hybridized carbons (Fsp3) is 0.100. The molecule has 0 aliphatic heterocycles. The maximum Gasteiger partial charge on any atom is 0.227 e. The molecule has 0 saturated carbocycles. The highest BCUT2D eigenvalue weighted by Gasteiger charge is 2.09. The zero-order valence-corrected chi connectivity index (χ0v) is 6.45. The van der Waals surface area contributed by atoms with Crippen LogP contribution in [-0.2, 0) is 0 Å². The normalized spacial score (nSPS) is 17.5. The molecule has 1 aromatic heterocycles. The summed E-state index contributed by atoms with van der Waals surface area (Å²) >= 11 is 0. The third-order valence-corrected chi connectivity index (χ3v) is 2.09. The van der Waals surface area contributed by atoms with Gasteiger partial charge in [0.25, 0.3) is 0 Å². The van der Waals surface area contributed by atoms with Gasteiger partial charge in [0, 0.05) is 5.57 Å². The van der Waals surface area contributed by atoms with Gasteiger partial charge < -0.3 is 4.42 Å². The number of fused-ring (bicyclic) bond motifs is 1. The lowest BCUT2D eigenvalue weighted by atomic mass is 10.1. The second-order valence-corrected chi connectivity index (χ2v) is 2.89. The van der Waals surface area contributed by atoms with Crippen molar-refractivity contribution in [2.75, 3.05) is 0 Å². The Balaban J connectivity index is 2.22. The van der Waals surface area contributed by atoms with Crippen LogP contribution in [0.25, 0.3) is 17.7 Å². The van der Waals surface area contributed by atoms with Crippen molar-refractivity contribution in [2.24, 2.45) is 0 Å². The van der Waals surface area contributed by atoms with Gasteiger partial charge in [0.2, 0.25) is 5.89 Å². The SMILES string of the molecule is C1=CC(c2nc3c(o2)=CCC=3)=C1. The average Bonchev–Trinajstić information content (AvgIpc) is 2.40. The molecule has 1 aromatic rings. The first-order valence-electron chi connectivity index (χ1n) is 3.99. The van der Waals surface area contributed by atoms with E-state index in [1.807, 2.05) is 18.2 Å². The quantitative estimate of drug-likeness (QED) is 0.596. The van der Waals surface area contributed by atoms with Crippen LogP contribution in [0, 0.1) is 0 Å². The van der Waals surface area contributed by atoms with E-state index in [1.54, 1.807) is 0 Å². The Labute approximate surface area is 69.2 Å². The fourth-order valence-corrected chi connectivity index (χ4v) is 1.37. The van der Waals surface area contributed by atoms with Crippen LogP contribution in [0.15, 0.2) is 22.6 Å². The molecule has 0 saturated heterocycles. The second kappa shape index (κ2) is 1.97. The van der Waals surface area contributed by atoms with E-state index in [-0.39, 0.29) is 0 Å². The third-order valence-electron chi connectivity index (χ3n) is 2.09. The van der Waals surface area contributed by atoms with E-state index >= 15 is 0 Å². The second-order valence-electron chi connectivity index (χ2n) is 2.89. The number of hydrogen-bond acceptors (Lipinski definition) is 2. The highest BCUT2D eigenvalue weighted by molar-refractivity contribution is 5.76. The standard InChI is InChI=1S/C10H7NO/c1-3-7(4-1)10-11-8-5-2-6-9(8)12-10/h1,3-6H,2H2. The first-order chi connectivity index (χ1) is 5.93. The van der Waals surface area contributed by atoms with Crippen molar-refractivity contribution in [3.8, 4) is 0 Å². The molecule has 0 unspecified atom stereocenters. The summed E-state index contributed by atoms with van der Waals surface area (Å²) in [5, 5.41) is 0.992. The number of rotatable bonds is 1. The largest absolute Gasteiger partial charge is 0.436 e. The molecule has 0 fully saturated rings. The van der Waals surface area contributed by atoms with Gasteiger partial charge in [0.1, 0.15) is 5.35 Å². The molecular weight excluding hydrogens is 150 g/mol.